The molecule has 0 bridgehead atoms. The number of benzene rings is 2. The first kappa shape index (κ1) is 22.4. The van der Waals surface area contributed by atoms with Gasteiger partial charge in [0.2, 0.25) is 5.91 Å². The fourth-order valence-corrected chi connectivity index (χ4v) is 4.46. The fourth-order valence-electron chi connectivity index (χ4n) is 3.06. The smallest absolute Gasteiger partial charge is 0.265 e. The van der Waals surface area contributed by atoms with Crippen LogP contribution in [0.15, 0.2) is 59.6 Å². The molecular weight excluding hydrogens is 416 g/mol. The molecule has 0 fully saturated rings. The number of carbonyl (C=O) groups excluding carboxylic acids is 1. The first-order valence-corrected chi connectivity index (χ1v) is 11.1. The van der Waals surface area contributed by atoms with Crippen molar-refractivity contribution in [2.75, 3.05) is 17.1 Å². The van der Waals surface area contributed by atoms with Gasteiger partial charge < -0.3 is 10.1 Å². The Morgan fingerprint density at radius 2 is 1.77 bits per heavy atom. The van der Waals surface area contributed by atoms with E-state index in [1.807, 2.05) is 51.1 Å². The predicted molar refractivity (Wildman–Crippen MR) is 120 cm³/mol. The molecule has 2 N–H and O–H groups in total. The molecular formula is C22H26N4O4S. The van der Waals surface area contributed by atoms with E-state index in [1.165, 1.54) is 26.3 Å². The average Bonchev–Trinajstić information content (AvgIpc) is 3.15. The highest BCUT2D eigenvalue weighted by atomic mass is 32.2. The molecule has 164 valence electrons. The zero-order valence-electron chi connectivity index (χ0n) is 18.1. The van der Waals surface area contributed by atoms with Gasteiger partial charge in [0.05, 0.1) is 30.4 Å². The Hall–Kier alpha value is -3.33. The summed E-state index contributed by atoms with van der Waals surface area (Å²) in [4.78, 5) is 11.5. The van der Waals surface area contributed by atoms with E-state index in [2.05, 4.69) is 15.1 Å². The minimum absolute atomic E-state index is 0.0656. The van der Waals surface area contributed by atoms with Crippen LogP contribution in [-0.4, -0.2) is 31.2 Å². The largest absolute Gasteiger partial charge is 0.495 e. The second-order valence-corrected chi connectivity index (χ2v) is 9.72. The molecule has 0 unspecified atom stereocenters. The highest BCUT2D eigenvalue weighted by Gasteiger charge is 2.31. The maximum absolute atomic E-state index is 13.4. The Bertz CT molecular complexity index is 1200. The zero-order valence-corrected chi connectivity index (χ0v) is 18.9. The van der Waals surface area contributed by atoms with Gasteiger partial charge in [-0.1, -0.05) is 39.0 Å². The van der Waals surface area contributed by atoms with Crippen LogP contribution >= 0.6 is 0 Å². The molecule has 1 aromatic heterocycles. The highest BCUT2D eigenvalue weighted by Crippen LogP contribution is 2.33. The second-order valence-electron chi connectivity index (χ2n) is 8.07. The molecule has 0 saturated carbocycles. The van der Waals surface area contributed by atoms with E-state index in [9.17, 15) is 13.2 Å². The van der Waals surface area contributed by atoms with Crippen LogP contribution in [-0.2, 0) is 20.2 Å². The molecule has 3 rings (SSSR count). The molecule has 3 aromatic rings. The summed E-state index contributed by atoms with van der Waals surface area (Å²) in [6.07, 6.45) is 1.50. The first-order valence-electron chi connectivity index (χ1n) is 9.65. The topological polar surface area (TPSA) is 102 Å². The van der Waals surface area contributed by atoms with E-state index < -0.39 is 15.4 Å². The van der Waals surface area contributed by atoms with Gasteiger partial charge in [0.1, 0.15) is 10.6 Å². The van der Waals surface area contributed by atoms with E-state index in [-0.39, 0.29) is 16.5 Å². The number of methoxy groups -OCH3 is 1. The van der Waals surface area contributed by atoms with Crippen molar-refractivity contribution < 1.29 is 17.9 Å². The number of rotatable bonds is 6. The summed E-state index contributed by atoms with van der Waals surface area (Å²) in [5, 5.41) is 7.21. The molecule has 31 heavy (non-hydrogen) atoms. The quantitative estimate of drug-likeness (QED) is 0.602. The monoisotopic (exact) mass is 442 g/mol. The van der Waals surface area contributed by atoms with Crippen LogP contribution in [0.1, 0.15) is 33.4 Å². The van der Waals surface area contributed by atoms with Gasteiger partial charge in [0, 0.05) is 18.0 Å². The van der Waals surface area contributed by atoms with E-state index in [4.69, 9.17) is 4.74 Å². The summed E-state index contributed by atoms with van der Waals surface area (Å²) < 4.78 is 36.3. The highest BCUT2D eigenvalue weighted by molar-refractivity contribution is 7.92. The van der Waals surface area contributed by atoms with Gasteiger partial charge >= 0.3 is 0 Å². The van der Waals surface area contributed by atoms with E-state index in [1.54, 1.807) is 16.8 Å². The number of amides is 1. The van der Waals surface area contributed by atoms with Crippen molar-refractivity contribution in [3.05, 3.63) is 60.4 Å². The van der Waals surface area contributed by atoms with Crippen LogP contribution in [0.5, 0.6) is 5.75 Å². The fraction of sp³-hybridized carbons (Fsp3) is 0.273. The zero-order chi connectivity index (χ0) is 22.8. The van der Waals surface area contributed by atoms with Crippen LogP contribution in [0.25, 0.3) is 5.69 Å². The Kier molecular flexibility index (Phi) is 6.08. The Morgan fingerprint density at radius 3 is 2.35 bits per heavy atom. The minimum atomic E-state index is -4.02. The lowest BCUT2D eigenvalue weighted by molar-refractivity contribution is -0.114. The third-order valence-electron chi connectivity index (χ3n) is 4.47. The standard InChI is InChI=1S/C22H26N4O4S/c1-15(27)23-16-11-12-19(30-5)18(13-16)25-31(28,29)20-14-26(17-9-7-6-8-10-17)24-21(20)22(2,3)4/h6-14,25H,1-5H3,(H,23,27). The van der Waals surface area contributed by atoms with E-state index in [0.29, 0.717) is 17.1 Å². The van der Waals surface area contributed by atoms with Crippen molar-refractivity contribution in [3.8, 4) is 11.4 Å². The molecule has 0 aliphatic heterocycles. The Morgan fingerprint density at radius 1 is 1.10 bits per heavy atom. The van der Waals surface area contributed by atoms with Crippen molar-refractivity contribution in [3.63, 3.8) is 0 Å². The molecule has 0 radical (unpaired) electrons. The normalized spacial score (nSPS) is 11.8. The van der Waals surface area contributed by atoms with Crippen LogP contribution in [0.3, 0.4) is 0 Å². The van der Waals surface area contributed by atoms with Crippen molar-refractivity contribution in [1.82, 2.24) is 9.78 Å². The average molecular weight is 443 g/mol. The molecule has 0 aliphatic rings. The molecule has 0 aliphatic carbocycles. The predicted octanol–water partition coefficient (Wildman–Crippen LogP) is 3.94. The molecule has 0 spiro atoms. The molecule has 1 amide bonds. The Balaban J connectivity index is 2.08. The van der Waals surface area contributed by atoms with Gasteiger partial charge in [0.15, 0.2) is 0 Å². The molecule has 2 aromatic carbocycles. The van der Waals surface area contributed by atoms with Gasteiger partial charge in [0.25, 0.3) is 10.0 Å². The SMILES string of the molecule is COc1ccc(NC(C)=O)cc1NS(=O)(=O)c1cn(-c2ccccc2)nc1C(C)(C)C. The van der Waals surface area contributed by atoms with Gasteiger partial charge in [-0.15, -0.1) is 0 Å². The number of ether oxygens (including phenoxy) is 1. The number of hydrogen-bond acceptors (Lipinski definition) is 5. The number of sulfonamides is 1. The van der Waals surface area contributed by atoms with Crippen LogP contribution in [0.2, 0.25) is 0 Å². The number of nitrogens with one attached hydrogen (secondary N) is 2. The number of carbonyl (C=O) groups is 1. The van der Waals surface area contributed by atoms with Crippen LogP contribution < -0.4 is 14.8 Å². The number of aromatic nitrogens is 2. The van der Waals surface area contributed by atoms with E-state index in [0.717, 1.165) is 5.69 Å². The van der Waals surface area contributed by atoms with Crippen molar-refractivity contribution in [1.29, 1.82) is 0 Å². The number of nitrogens with zero attached hydrogens (tertiary/aromatic N) is 2. The molecule has 1 heterocycles. The Labute approximate surface area is 182 Å². The van der Waals surface area contributed by atoms with Gasteiger partial charge in [-0.3, -0.25) is 9.52 Å². The van der Waals surface area contributed by atoms with Crippen molar-refractivity contribution in [2.24, 2.45) is 0 Å². The summed E-state index contributed by atoms with van der Waals surface area (Å²) >= 11 is 0. The maximum Gasteiger partial charge on any atom is 0.265 e. The summed E-state index contributed by atoms with van der Waals surface area (Å²) in [6.45, 7) is 7.09. The lowest BCUT2D eigenvalue weighted by atomic mass is 9.92. The first-order chi connectivity index (χ1) is 14.5. The van der Waals surface area contributed by atoms with Crippen molar-refractivity contribution >= 4 is 27.3 Å². The molecule has 9 heteroatoms. The second kappa shape index (κ2) is 8.43. The lowest BCUT2D eigenvalue weighted by Crippen LogP contribution is -2.20. The van der Waals surface area contributed by atoms with Crippen molar-refractivity contribution in [2.45, 2.75) is 38.0 Å². The summed E-state index contributed by atoms with van der Waals surface area (Å²) in [5.41, 5.74) is 1.32. The molecule has 0 atom stereocenters. The minimum Gasteiger partial charge on any atom is -0.495 e. The molecule has 8 nitrogen and oxygen atoms in total. The summed E-state index contributed by atoms with van der Waals surface area (Å²) in [7, 11) is -2.57. The number of hydrogen-bond donors (Lipinski definition) is 2. The number of para-hydroxylation sites is 1. The van der Waals surface area contributed by atoms with Gasteiger partial charge in [-0.2, -0.15) is 5.10 Å². The lowest BCUT2D eigenvalue weighted by Gasteiger charge is -2.18. The summed E-state index contributed by atoms with van der Waals surface area (Å²) in [6, 6.07) is 14.0. The third kappa shape index (κ3) is 5.05. The number of anilines is 2. The molecule has 0 saturated heterocycles. The van der Waals surface area contributed by atoms with Crippen LogP contribution in [0, 0.1) is 0 Å². The van der Waals surface area contributed by atoms with Gasteiger partial charge in [-0.05, 0) is 30.3 Å². The van der Waals surface area contributed by atoms with Crippen LogP contribution in [0.4, 0.5) is 11.4 Å². The third-order valence-corrected chi connectivity index (χ3v) is 5.83. The maximum atomic E-state index is 13.4. The van der Waals surface area contributed by atoms with Gasteiger partial charge in [-0.25, -0.2) is 13.1 Å². The van der Waals surface area contributed by atoms with E-state index >= 15 is 0 Å². The summed E-state index contributed by atoms with van der Waals surface area (Å²) in [5.74, 6) is 0.0589.